The Labute approximate surface area is 97.3 Å². The molecule has 0 saturated carbocycles. The molecule has 0 aromatic heterocycles. The fraction of sp³-hybridized carbons (Fsp3) is 0.917. The Balaban J connectivity index is 1.86. The van der Waals surface area contributed by atoms with E-state index in [1.807, 2.05) is 0 Å². The number of morpholine rings is 1. The molecule has 1 amide bonds. The van der Waals surface area contributed by atoms with Crippen LogP contribution in [0.1, 0.15) is 33.1 Å². The molecule has 4 heteroatoms. The summed E-state index contributed by atoms with van der Waals surface area (Å²) < 4.78 is 5.37. The molecule has 0 radical (unpaired) electrons. The van der Waals surface area contributed by atoms with Crippen LogP contribution in [0.2, 0.25) is 0 Å². The molecule has 92 valence electrons. The zero-order valence-corrected chi connectivity index (χ0v) is 10.2. The van der Waals surface area contributed by atoms with Gasteiger partial charge in [-0.25, -0.2) is 0 Å². The van der Waals surface area contributed by atoms with Crippen molar-refractivity contribution in [1.82, 2.24) is 10.2 Å². The molecule has 0 spiro atoms. The van der Waals surface area contributed by atoms with Crippen LogP contribution in [0, 0.1) is 0 Å². The molecule has 0 aromatic rings. The monoisotopic (exact) mass is 226 g/mol. The smallest absolute Gasteiger partial charge is 0.224 e. The van der Waals surface area contributed by atoms with Gasteiger partial charge in [0.25, 0.3) is 0 Å². The quantitative estimate of drug-likeness (QED) is 0.756. The number of carbonyl (C=O) groups excluding carboxylic acids is 1. The van der Waals surface area contributed by atoms with Crippen molar-refractivity contribution in [2.75, 3.05) is 19.8 Å². The number of amides is 1. The van der Waals surface area contributed by atoms with Gasteiger partial charge in [-0.3, -0.25) is 4.79 Å². The van der Waals surface area contributed by atoms with E-state index in [0.29, 0.717) is 25.1 Å². The largest absolute Gasteiger partial charge is 0.378 e. The van der Waals surface area contributed by atoms with Gasteiger partial charge in [-0.05, 0) is 26.7 Å². The van der Waals surface area contributed by atoms with Gasteiger partial charge < -0.3 is 15.0 Å². The summed E-state index contributed by atoms with van der Waals surface area (Å²) in [5.74, 6) is 0.278. The Morgan fingerprint density at radius 2 is 2.06 bits per heavy atom. The Kier molecular flexibility index (Phi) is 3.82. The van der Waals surface area contributed by atoms with Crippen molar-refractivity contribution in [3.8, 4) is 0 Å². The van der Waals surface area contributed by atoms with E-state index in [1.54, 1.807) is 0 Å². The van der Waals surface area contributed by atoms with E-state index in [-0.39, 0.29) is 11.9 Å². The first-order chi connectivity index (χ1) is 7.68. The lowest BCUT2D eigenvalue weighted by molar-refractivity contribution is -0.134. The van der Waals surface area contributed by atoms with Gasteiger partial charge in [-0.2, -0.15) is 0 Å². The molecule has 4 nitrogen and oxygen atoms in total. The van der Waals surface area contributed by atoms with E-state index in [0.717, 1.165) is 26.0 Å². The van der Waals surface area contributed by atoms with Crippen molar-refractivity contribution in [3.63, 3.8) is 0 Å². The lowest BCUT2D eigenvalue weighted by Crippen LogP contribution is -2.47. The maximum absolute atomic E-state index is 12.2. The average Bonchev–Trinajstić information content (AvgIpc) is 2.60. The number of likely N-dealkylation sites (tertiary alicyclic amines) is 1. The maximum atomic E-state index is 12.2. The van der Waals surface area contributed by atoms with Crippen molar-refractivity contribution in [2.24, 2.45) is 0 Å². The van der Waals surface area contributed by atoms with Crippen molar-refractivity contribution in [3.05, 3.63) is 0 Å². The van der Waals surface area contributed by atoms with Crippen LogP contribution in [0.4, 0.5) is 0 Å². The van der Waals surface area contributed by atoms with Crippen LogP contribution in [0.3, 0.4) is 0 Å². The predicted octanol–water partition coefficient (Wildman–Crippen LogP) is 0.764. The van der Waals surface area contributed by atoms with Gasteiger partial charge in [-0.15, -0.1) is 0 Å². The highest BCUT2D eigenvalue weighted by Gasteiger charge is 2.32. The average molecular weight is 226 g/mol. The number of hydrogen-bond acceptors (Lipinski definition) is 3. The van der Waals surface area contributed by atoms with Gasteiger partial charge in [-0.1, -0.05) is 0 Å². The molecule has 1 N–H and O–H groups in total. The molecule has 3 unspecified atom stereocenters. The SMILES string of the molecule is CC1CCC(C)N1C(=O)CC1COCCN1. The van der Waals surface area contributed by atoms with Crippen LogP contribution < -0.4 is 5.32 Å². The summed E-state index contributed by atoms with van der Waals surface area (Å²) in [6, 6.07) is 1.03. The normalized spacial score (nSPS) is 35.4. The van der Waals surface area contributed by atoms with Gasteiger partial charge in [0, 0.05) is 31.1 Å². The number of hydrogen-bond donors (Lipinski definition) is 1. The summed E-state index contributed by atoms with van der Waals surface area (Å²) in [7, 11) is 0. The highest BCUT2D eigenvalue weighted by Crippen LogP contribution is 2.24. The van der Waals surface area contributed by atoms with E-state index < -0.39 is 0 Å². The second kappa shape index (κ2) is 5.15. The summed E-state index contributed by atoms with van der Waals surface area (Å²) in [6.45, 7) is 6.59. The molecule has 2 heterocycles. The minimum absolute atomic E-state index is 0.209. The maximum Gasteiger partial charge on any atom is 0.224 e. The predicted molar refractivity (Wildman–Crippen MR) is 62.2 cm³/mol. The Morgan fingerprint density at radius 3 is 2.62 bits per heavy atom. The summed E-state index contributed by atoms with van der Waals surface area (Å²) in [5, 5.41) is 3.33. The molecule has 0 aromatic carbocycles. The van der Waals surface area contributed by atoms with Gasteiger partial charge in [0.15, 0.2) is 0 Å². The van der Waals surface area contributed by atoms with Crippen LogP contribution in [0.5, 0.6) is 0 Å². The molecule has 2 fully saturated rings. The fourth-order valence-electron chi connectivity index (χ4n) is 2.75. The number of nitrogens with zero attached hydrogens (tertiary/aromatic N) is 1. The zero-order chi connectivity index (χ0) is 11.5. The van der Waals surface area contributed by atoms with Crippen LogP contribution in [0.15, 0.2) is 0 Å². The highest BCUT2D eigenvalue weighted by atomic mass is 16.5. The summed E-state index contributed by atoms with van der Waals surface area (Å²) in [4.78, 5) is 14.2. The Morgan fingerprint density at radius 1 is 1.38 bits per heavy atom. The first-order valence-electron chi connectivity index (χ1n) is 6.30. The minimum atomic E-state index is 0.209. The third kappa shape index (κ3) is 2.55. The van der Waals surface area contributed by atoms with Gasteiger partial charge in [0.05, 0.1) is 13.2 Å². The van der Waals surface area contributed by atoms with E-state index in [1.165, 1.54) is 0 Å². The fourth-order valence-corrected chi connectivity index (χ4v) is 2.75. The summed E-state index contributed by atoms with van der Waals surface area (Å²) in [6.07, 6.45) is 2.86. The molecule has 3 atom stereocenters. The van der Waals surface area contributed by atoms with Gasteiger partial charge in [0.1, 0.15) is 0 Å². The van der Waals surface area contributed by atoms with Crippen molar-refractivity contribution in [2.45, 2.75) is 51.2 Å². The van der Waals surface area contributed by atoms with E-state index >= 15 is 0 Å². The van der Waals surface area contributed by atoms with Crippen LogP contribution >= 0.6 is 0 Å². The summed E-state index contributed by atoms with van der Waals surface area (Å²) in [5.41, 5.74) is 0. The first kappa shape index (κ1) is 11.9. The van der Waals surface area contributed by atoms with Crippen molar-refractivity contribution < 1.29 is 9.53 Å². The van der Waals surface area contributed by atoms with Crippen LogP contribution in [-0.2, 0) is 9.53 Å². The van der Waals surface area contributed by atoms with Crippen LogP contribution in [-0.4, -0.2) is 48.7 Å². The molecule has 16 heavy (non-hydrogen) atoms. The number of rotatable bonds is 2. The van der Waals surface area contributed by atoms with Gasteiger partial charge >= 0.3 is 0 Å². The Bertz CT molecular complexity index is 241. The molecule has 2 rings (SSSR count). The standard InChI is InChI=1S/C12H22N2O2/c1-9-3-4-10(2)14(9)12(15)7-11-8-16-6-5-13-11/h9-11,13H,3-8H2,1-2H3. The van der Waals surface area contributed by atoms with Crippen LogP contribution in [0.25, 0.3) is 0 Å². The summed E-state index contributed by atoms with van der Waals surface area (Å²) >= 11 is 0. The third-order valence-corrected chi connectivity index (χ3v) is 3.66. The first-order valence-corrected chi connectivity index (χ1v) is 6.30. The second-order valence-corrected chi connectivity index (χ2v) is 5.01. The number of nitrogens with one attached hydrogen (secondary N) is 1. The van der Waals surface area contributed by atoms with Gasteiger partial charge in [0.2, 0.25) is 5.91 Å². The lowest BCUT2D eigenvalue weighted by Gasteiger charge is -2.30. The molecule has 2 aliphatic heterocycles. The highest BCUT2D eigenvalue weighted by molar-refractivity contribution is 5.77. The van der Waals surface area contributed by atoms with E-state index in [9.17, 15) is 4.79 Å². The topological polar surface area (TPSA) is 41.6 Å². The van der Waals surface area contributed by atoms with E-state index in [2.05, 4.69) is 24.1 Å². The third-order valence-electron chi connectivity index (χ3n) is 3.66. The van der Waals surface area contributed by atoms with Crippen molar-refractivity contribution in [1.29, 1.82) is 0 Å². The molecular formula is C12H22N2O2. The van der Waals surface area contributed by atoms with E-state index in [4.69, 9.17) is 4.74 Å². The molecule has 2 saturated heterocycles. The minimum Gasteiger partial charge on any atom is -0.378 e. The zero-order valence-electron chi connectivity index (χ0n) is 10.2. The lowest BCUT2D eigenvalue weighted by atomic mass is 10.1. The second-order valence-electron chi connectivity index (χ2n) is 5.01. The molecule has 0 bridgehead atoms. The number of carbonyl (C=O) groups is 1. The molecule has 2 aliphatic rings. The molecular weight excluding hydrogens is 204 g/mol. The molecule has 0 aliphatic carbocycles. The van der Waals surface area contributed by atoms with Crippen molar-refractivity contribution >= 4 is 5.91 Å². The Hall–Kier alpha value is -0.610. The number of ether oxygens (including phenoxy) is 1.